The maximum Gasteiger partial charge on any atom is 0.118 e. The molecule has 0 bridgehead atoms. The van der Waals surface area contributed by atoms with Crippen molar-refractivity contribution in [2.75, 3.05) is 13.7 Å². The molecule has 21 heavy (non-hydrogen) atoms. The Morgan fingerprint density at radius 3 is 2.62 bits per heavy atom. The standard InChI is InChI=1S/C18H19NO2/c1-4-18(15-7-9-17(20-3)10-8-15)21-13-14(2)16-6-5-11-19-12-16/h4-12,18H,1-2,13H2,3H3. The molecule has 1 heterocycles. The van der Waals surface area contributed by atoms with Gasteiger partial charge in [-0.1, -0.05) is 30.9 Å². The molecule has 0 saturated carbocycles. The third-order valence-electron chi connectivity index (χ3n) is 3.17. The summed E-state index contributed by atoms with van der Waals surface area (Å²) in [5.41, 5.74) is 2.91. The molecule has 3 heteroatoms. The summed E-state index contributed by atoms with van der Waals surface area (Å²) in [5, 5.41) is 0. The molecule has 0 radical (unpaired) electrons. The Morgan fingerprint density at radius 1 is 1.29 bits per heavy atom. The van der Waals surface area contributed by atoms with Gasteiger partial charge in [0.15, 0.2) is 0 Å². The molecule has 2 aromatic rings. The maximum absolute atomic E-state index is 5.88. The number of nitrogens with zero attached hydrogens (tertiary/aromatic N) is 1. The van der Waals surface area contributed by atoms with Crippen LogP contribution in [0.15, 0.2) is 68.0 Å². The quantitative estimate of drug-likeness (QED) is 0.717. The first-order valence-electron chi connectivity index (χ1n) is 6.71. The second-order valence-corrected chi connectivity index (χ2v) is 4.59. The molecule has 0 spiro atoms. The van der Waals surface area contributed by atoms with Crippen LogP contribution in [0.5, 0.6) is 5.75 Å². The van der Waals surface area contributed by atoms with E-state index in [2.05, 4.69) is 18.1 Å². The van der Waals surface area contributed by atoms with Crippen molar-refractivity contribution in [1.82, 2.24) is 4.98 Å². The third kappa shape index (κ3) is 4.04. The van der Waals surface area contributed by atoms with E-state index in [9.17, 15) is 0 Å². The number of benzene rings is 1. The van der Waals surface area contributed by atoms with Crippen molar-refractivity contribution in [3.05, 3.63) is 79.2 Å². The zero-order valence-electron chi connectivity index (χ0n) is 12.2. The minimum absolute atomic E-state index is 0.177. The Bertz CT molecular complexity index is 590. The summed E-state index contributed by atoms with van der Waals surface area (Å²) < 4.78 is 11.0. The molecular weight excluding hydrogens is 262 g/mol. The summed E-state index contributed by atoms with van der Waals surface area (Å²) in [6, 6.07) is 11.6. The fraction of sp³-hybridized carbons (Fsp3) is 0.167. The van der Waals surface area contributed by atoms with E-state index in [1.165, 1.54) is 0 Å². The van der Waals surface area contributed by atoms with Crippen molar-refractivity contribution < 1.29 is 9.47 Å². The molecule has 0 fully saturated rings. The Labute approximate surface area is 125 Å². The van der Waals surface area contributed by atoms with Crippen LogP contribution in [-0.4, -0.2) is 18.7 Å². The Morgan fingerprint density at radius 2 is 2.05 bits per heavy atom. The van der Waals surface area contributed by atoms with Crippen LogP contribution in [0.25, 0.3) is 5.57 Å². The van der Waals surface area contributed by atoms with Gasteiger partial charge in [-0.05, 0) is 34.9 Å². The lowest BCUT2D eigenvalue weighted by molar-refractivity contribution is 0.115. The molecule has 108 valence electrons. The van der Waals surface area contributed by atoms with Gasteiger partial charge in [0.2, 0.25) is 0 Å². The lowest BCUT2D eigenvalue weighted by Gasteiger charge is -2.16. The molecule has 1 atom stereocenters. The van der Waals surface area contributed by atoms with E-state index in [-0.39, 0.29) is 6.10 Å². The number of aromatic nitrogens is 1. The molecule has 1 aromatic heterocycles. The van der Waals surface area contributed by atoms with Crippen molar-refractivity contribution in [3.63, 3.8) is 0 Å². The average molecular weight is 281 g/mol. The molecular formula is C18H19NO2. The number of hydrogen-bond donors (Lipinski definition) is 0. The summed E-state index contributed by atoms with van der Waals surface area (Å²) >= 11 is 0. The molecule has 0 amide bonds. The summed E-state index contributed by atoms with van der Waals surface area (Å²) in [5.74, 6) is 0.821. The number of methoxy groups -OCH3 is 1. The highest BCUT2D eigenvalue weighted by molar-refractivity contribution is 5.63. The van der Waals surface area contributed by atoms with E-state index in [0.717, 1.165) is 22.4 Å². The molecule has 2 rings (SSSR count). The fourth-order valence-electron chi connectivity index (χ4n) is 1.94. The number of pyridine rings is 1. The normalized spacial score (nSPS) is 11.7. The largest absolute Gasteiger partial charge is 0.497 e. The molecule has 0 N–H and O–H groups in total. The zero-order chi connectivity index (χ0) is 15.1. The molecule has 0 aliphatic carbocycles. The molecule has 1 aromatic carbocycles. The first-order chi connectivity index (χ1) is 10.2. The van der Waals surface area contributed by atoms with E-state index in [0.29, 0.717) is 6.61 Å². The van der Waals surface area contributed by atoms with E-state index < -0.39 is 0 Å². The van der Waals surface area contributed by atoms with Gasteiger partial charge in [-0.15, -0.1) is 6.58 Å². The monoisotopic (exact) mass is 281 g/mol. The van der Waals surface area contributed by atoms with Crippen LogP contribution in [0.1, 0.15) is 17.2 Å². The highest BCUT2D eigenvalue weighted by Crippen LogP contribution is 2.23. The highest BCUT2D eigenvalue weighted by atomic mass is 16.5. The number of rotatable bonds is 7. The van der Waals surface area contributed by atoms with E-state index in [1.54, 1.807) is 25.6 Å². The predicted molar refractivity (Wildman–Crippen MR) is 85.2 cm³/mol. The van der Waals surface area contributed by atoms with Crippen LogP contribution in [0.4, 0.5) is 0 Å². The second-order valence-electron chi connectivity index (χ2n) is 4.59. The molecule has 0 aliphatic heterocycles. The van der Waals surface area contributed by atoms with Crippen molar-refractivity contribution in [3.8, 4) is 5.75 Å². The van der Waals surface area contributed by atoms with Gasteiger partial charge in [0, 0.05) is 12.4 Å². The van der Waals surface area contributed by atoms with E-state index in [4.69, 9.17) is 9.47 Å². The second kappa shape index (κ2) is 7.41. The molecule has 1 unspecified atom stereocenters. The van der Waals surface area contributed by atoms with Crippen molar-refractivity contribution >= 4 is 5.57 Å². The third-order valence-corrected chi connectivity index (χ3v) is 3.17. The Kier molecular flexibility index (Phi) is 5.29. The SMILES string of the molecule is C=CC(OCC(=C)c1cccnc1)c1ccc(OC)cc1. The van der Waals surface area contributed by atoms with Crippen LogP contribution in [0.3, 0.4) is 0 Å². The van der Waals surface area contributed by atoms with Crippen LogP contribution in [0.2, 0.25) is 0 Å². The van der Waals surface area contributed by atoms with Crippen LogP contribution >= 0.6 is 0 Å². The van der Waals surface area contributed by atoms with Crippen LogP contribution in [-0.2, 0) is 4.74 Å². The van der Waals surface area contributed by atoms with Gasteiger partial charge in [0.1, 0.15) is 11.9 Å². The first-order valence-corrected chi connectivity index (χ1v) is 6.71. The molecule has 0 aliphatic rings. The van der Waals surface area contributed by atoms with Crippen LogP contribution in [0, 0.1) is 0 Å². The lowest BCUT2D eigenvalue weighted by atomic mass is 10.1. The summed E-state index contributed by atoms with van der Waals surface area (Å²) in [4.78, 5) is 4.08. The van der Waals surface area contributed by atoms with Gasteiger partial charge in [-0.25, -0.2) is 0 Å². The van der Waals surface area contributed by atoms with Crippen molar-refractivity contribution in [2.45, 2.75) is 6.10 Å². The average Bonchev–Trinajstić information content (AvgIpc) is 2.56. The topological polar surface area (TPSA) is 31.4 Å². The van der Waals surface area contributed by atoms with E-state index in [1.807, 2.05) is 36.4 Å². The predicted octanol–water partition coefficient (Wildman–Crippen LogP) is 4.05. The zero-order valence-corrected chi connectivity index (χ0v) is 12.2. The van der Waals surface area contributed by atoms with Gasteiger partial charge in [0.25, 0.3) is 0 Å². The fourth-order valence-corrected chi connectivity index (χ4v) is 1.94. The minimum atomic E-state index is -0.177. The van der Waals surface area contributed by atoms with Gasteiger partial charge in [0.05, 0.1) is 13.7 Å². The maximum atomic E-state index is 5.88. The molecule has 0 saturated heterocycles. The summed E-state index contributed by atoms with van der Waals surface area (Å²) in [7, 11) is 1.65. The van der Waals surface area contributed by atoms with E-state index >= 15 is 0 Å². The van der Waals surface area contributed by atoms with Gasteiger partial charge >= 0.3 is 0 Å². The van der Waals surface area contributed by atoms with Crippen LogP contribution < -0.4 is 4.74 Å². The summed E-state index contributed by atoms with van der Waals surface area (Å²) in [6.45, 7) is 8.29. The van der Waals surface area contributed by atoms with Crippen molar-refractivity contribution in [1.29, 1.82) is 0 Å². The molecule has 3 nitrogen and oxygen atoms in total. The number of ether oxygens (including phenoxy) is 2. The summed E-state index contributed by atoms with van der Waals surface area (Å²) in [6.07, 6.45) is 5.12. The Balaban J connectivity index is 1.99. The smallest absolute Gasteiger partial charge is 0.118 e. The minimum Gasteiger partial charge on any atom is -0.497 e. The highest BCUT2D eigenvalue weighted by Gasteiger charge is 2.09. The van der Waals surface area contributed by atoms with Crippen molar-refractivity contribution in [2.24, 2.45) is 0 Å². The van der Waals surface area contributed by atoms with Gasteiger partial charge in [-0.2, -0.15) is 0 Å². The van der Waals surface area contributed by atoms with Gasteiger partial charge in [-0.3, -0.25) is 4.98 Å². The number of hydrogen-bond acceptors (Lipinski definition) is 3. The van der Waals surface area contributed by atoms with Gasteiger partial charge < -0.3 is 9.47 Å². The first kappa shape index (κ1) is 15.0. The Hall–Kier alpha value is -2.39. The lowest BCUT2D eigenvalue weighted by Crippen LogP contribution is -2.04.